The van der Waals surface area contributed by atoms with Crippen molar-refractivity contribution in [2.45, 2.75) is 31.6 Å². The Morgan fingerprint density at radius 1 is 1.29 bits per heavy atom. The van der Waals surface area contributed by atoms with Gasteiger partial charge in [0.25, 0.3) is 0 Å². The molecule has 0 aromatic rings. The Morgan fingerprint density at radius 3 is 2.36 bits per heavy atom. The first kappa shape index (κ1) is 10.1. The molecule has 0 saturated carbocycles. The van der Waals surface area contributed by atoms with Crippen LogP contribution in [-0.2, 0) is 9.47 Å². The Hall–Kier alpha value is -0.380. The van der Waals surface area contributed by atoms with Crippen LogP contribution >= 0.6 is 0 Å². The molecule has 1 unspecified atom stereocenters. The zero-order valence-electron chi connectivity index (χ0n) is 8.87. The highest BCUT2D eigenvalue weighted by Crippen LogP contribution is 2.31. The van der Waals surface area contributed by atoms with Gasteiger partial charge in [0.2, 0.25) is 0 Å². The van der Waals surface area contributed by atoms with Gasteiger partial charge in [-0.15, -0.1) is 6.58 Å². The molecular formula is C11H19NO2. The second kappa shape index (κ2) is 4.01. The van der Waals surface area contributed by atoms with Crippen LogP contribution in [0.5, 0.6) is 0 Å². The van der Waals surface area contributed by atoms with E-state index in [1.165, 1.54) is 0 Å². The molecule has 2 aliphatic heterocycles. The Morgan fingerprint density at radius 2 is 1.86 bits per heavy atom. The molecule has 0 aromatic carbocycles. The average molecular weight is 197 g/mol. The van der Waals surface area contributed by atoms with E-state index in [-0.39, 0.29) is 5.79 Å². The predicted molar refractivity (Wildman–Crippen MR) is 55.1 cm³/mol. The summed E-state index contributed by atoms with van der Waals surface area (Å²) >= 11 is 0. The molecule has 0 amide bonds. The minimum Gasteiger partial charge on any atom is -0.347 e. The minimum atomic E-state index is -0.239. The van der Waals surface area contributed by atoms with Crippen molar-refractivity contribution in [2.24, 2.45) is 0 Å². The SMILES string of the molecule is C=CC(C)N1CCC2(CC1)OCCO2. The van der Waals surface area contributed by atoms with Crippen molar-refractivity contribution in [2.75, 3.05) is 26.3 Å². The summed E-state index contributed by atoms with van der Waals surface area (Å²) in [5.41, 5.74) is 0. The van der Waals surface area contributed by atoms with Crippen molar-refractivity contribution < 1.29 is 9.47 Å². The van der Waals surface area contributed by atoms with Crippen LogP contribution in [0.4, 0.5) is 0 Å². The Bertz CT molecular complexity index is 201. The van der Waals surface area contributed by atoms with E-state index in [1.807, 2.05) is 6.08 Å². The van der Waals surface area contributed by atoms with Gasteiger partial charge >= 0.3 is 0 Å². The average Bonchev–Trinajstić information content (AvgIpc) is 2.67. The van der Waals surface area contributed by atoms with Crippen molar-refractivity contribution in [3.63, 3.8) is 0 Å². The zero-order chi connectivity index (χ0) is 10.0. The van der Waals surface area contributed by atoms with Gasteiger partial charge in [-0.3, -0.25) is 4.90 Å². The number of hydrogen-bond donors (Lipinski definition) is 0. The molecule has 2 saturated heterocycles. The molecule has 2 heterocycles. The molecule has 3 nitrogen and oxygen atoms in total. The molecule has 0 bridgehead atoms. The standard InChI is InChI=1S/C11H19NO2/c1-3-10(2)12-6-4-11(5-7-12)13-8-9-14-11/h3,10H,1,4-9H2,2H3. The Labute approximate surface area is 85.7 Å². The van der Waals surface area contributed by atoms with E-state index in [1.54, 1.807) is 0 Å². The summed E-state index contributed by atoms with van der Waals surface area (Å²) in [7, 11) is 0. The second-order valence-electron chi connectivity index (χ2n) is 4.12. The van der Waals surface area contributed by atoms with Gasteiger partial charge in [0, 0.05) is 32.0 Å². The number of nitrogens with zero attached hydrogens (tertiary/aromatic N) is 1. The third kappa shape index (κ3) is 1.85. The van der Waals surface area contributed by atoms with Crippen LogP contribution in [0.1, 0.15) is 19.8 Å². The molecule has 2 fully saturated rings. The summed E-state index contributed by atoms with van der Waals surface area (Å²) in [6.45, 7) is 9.62. The lowest BCUT2D eigenvalue weighted by Gasteiger charge is -2.39. The predicted octanol–water partition coefficient (Wildman–Crippen LogP) is 1.40. The largest absolute Gasteiger partial charge is 0.347 e. The molecular weight excluding hydrogens is 178 g/mol. The van der Waals surface area contributed by atoms with Crippen molar-refractivity contribution in [1.82, 2.24) is 4.90 Å². The molecule has 1 atom stereocenters. The molecule has 1 spiro atoms. The molecule has 0 aliphatic carbocycles. The highest BCUT2D eigenvalue weighted by molar-refractivity contribution is 4.90. The first-order valence-corrected chi connectivity index (χ1v) is 5.40. The fourth-order valence-electron chi connectivity index (χ4n) is 2.21. The van der Waals surface area contributed by atoms with E-state index in [0.717, 1.165) is 39.1 Å². The van der Waals surface area contributed by atoms with Crippen LogP contribution in [-0.4, -0.2) is 43.0 Å². The maximum atomic E-state index is 5.67. The molecule has 0 N–H and O–H groups in total. The third-order valence-electron chi connectivity index (χ3n) is 3.29. The van der Waals surface area contributed by atoms with Crippen LogP contribution in [0.3, 0.4) is 0 Å². The quantitative estimate of drug-likeness (QED) is 0.625. The molecule has 14 heavy (non-hydrogen) atoms. The normalized spacial score (nSPS) is 29.2. The highest BCUT2D eigenvalue weighted by Gasteiger charge is 2.40. The molecule has 0 aromatic heterocycles. The van der Waals surface area contributed by atoms with Gasteiger partial charge in [-0.25, -0.2) is 0 Å². The molecule has 80 valence electrons. The van der Waals surface area contributed by atoms with Crippen molar-refractivity contribution >= 4 is 0 Å². The van der Waals surface area contributed by atoms with Crippen LogP contribution in [0.25, 0.3) is 0 Å². The molecule has 0 radical (unpaired) electrons. The fraction of sp³-hybridized carbons (Fsp3) is 0.818. The number of ether oxygens (including phenoxy) is 2. The van der Waals surface area contributed by atoms with Crippen LogP contribution in [0.2, 0.25) is 0 Å². The van der Waals surface area contributed by atoms with Gasteiger partial charge in [-0.2, -0.15) is 0 Å². The first-order valence-electron chi connectivity index (χ1n) is 5.40. The Balaban J connectivity index is 1.88. The maximum Gasteiger partial charge on any atom is 0.170 e. The fourth-order valence-corrected chi connectivity index (χ4v) is 2.21. The van der Waals surface area contributed by atoms with Gasteiger partial charge in [0.15, 0.2) is 5.79 Å². The van der Waals surface area contributed by atoms with E-state index in [2.05, 4.69) is 18.4 Å². The lowest BCUT2D eigenvalue weighted by molar-refractivity contribution is -0.186. The second-order valence-corrected chi connectivity index (χ2v) is 4.12. The van der Waals surface area contributed by atoms with Gasteiger partial charge in [-0.05, 0) is 6.92 Å². The van der Waals surface area contributed by atoms with Gasteiger partial charge in [-0.1, -0.05) is 6.08 Å². The maximum absolute atomic E-state index is 5.67. The summed E-state index contributed by atoms with van der Waals surface area (Å²) in [5, 5.41) is 0. The lowest BCUT2D eigenvalue weighted by atomic mass is 10.0. The van der Waals surface area contributed by atoms with Gasteiger partial charge in [0.05, 0.1) is 13.2 Å². The van der Waals surface area contributed by atoms with E-state index >= 15 is 0 Å². The van der Waals surface area contributed by atoms with Gasteiger partial charge < -0.3 is 9.47 Å². The lowest BCUT2D eigenvalue weighted by Crippen LogP contribution is -2.47. The molecule has 3 heteroatoms. The summed E-state index contributed by atoms with van der Waals surface area (Å²) in [6.07, 6.45) is 3.98. The number of rotatable bonds is 2. The van der Waals surface area contributed by atoms with Crippen molar-refractivity contribution in [1.29, 1.82) is 0 Å². The van der Waals surface area contributed by atoms with Crippen molar-refractivity contribution in [3.05, 3.63) is 12.7 Å². The topological polar surface area (TPSA) is 21.7 Å². The zero-order valence-corrected chi connectivity index (χ0v) is 8.87. The van der Waals surface area contributed by atoms with E-state index in [0.29, 0.717) is 6.04 Å². The van der Waals surface area contributed by atoms with E-state index in [4.69, 9.17) is 9.47 Å². The summed E-state index contributed by atoms with van der Waals surface area (Å²) in [5.74, 6) is -0.239. The smallest absolute Gasteiger partial charge is 0.170 e. The molecule has 2 aliphatic rings. The van der Waals surface area contributed by atoms with E-state index < -0.39 is 0 Å². The summed E-state index contributed by atoms with van der Waals surface area (Å²) in [4.78, 5) is 2.42. The van der Waals surface area contributed by atoms with Crippen LogP contribution in [0, 0.1) is 0 Å². The minimum absolute atomic E-state index is 0.239. The first-order chi connectivity index (χ1) is 6.76. The van der Waals surface area contributed by atoms with E-state index in [9.17, 15) is 0 Å². The van der Waals surface area contributed by atoms with Crippen LogP contribution < -0.4 is 0 Å². The Kier molecular flexibility index (Phi) is 2.91. The third-order valence-corrected chi connectivity index (χ3v) is 3.29. The summed E-state index contributed by atoms with van der Waals surface area (Å²) < 4.78 is 11.3. The molecule has 2 rings (SSSR count). The van der Waals surface area contributed by atoms with Crippen LogP contribution in [0.15, 0.2) is 12.7 Å². The number of piperidine rings is 1. The van der Waals surface area contributed by atoms with Crippen molar-refractivity contribution in [3.8, 4) is 0 Å². The van der Waals surface area contributed by atoms with Gasteiger partial charge in [0.1, 0.15) is 0 Å². The number of hydrogen-bond acceptors (Lipinski definition) is 3. The highest BCUT2D eigenvalue weighted by atomic mass is 16.7. The monoisotopic (exact) mass is 197 g/mol. The number of likely N-dealkylation sites (tertiary alicyclic amines) is 1. The summed E-state index contributed by atoms with van der Waals surface area (Å²) in [6, 6.07) is 0.466.